The van der Waals surface area contributed by atoms with E-state index in [9.17, 15) is 24.3 Å². The molecule has 3 aromatic rings. The molecule has 10 N–H and O–H groups in total. The predicted molar refractivity (Wildman–Crippen MR) is 173 cm³/mol. The summed E-state index contributed by atoms with van der Waals surface area (Å²) < 4.78 is 0. The fourth-order valence-electron chi connectivity index (χ4n) is 4.68. The first kappa shape index (κ1) is 33.9. The van der Waals surface area contributed by atoms with Gasteiger partial charge in [-0.05, 0) is 34.7 Å². The molecule has 0 aliphatic rings. The minimum absolute atomic E-state index is 0.0478. The van der Waals surface area contributed by atoms with Gasteiger partial charge in [-0.15, -0.1) is 0 Å². The molecule has 4 atom stereocenters. The number of carbonyl (C=O) groups is 4. The highest BCUT2D eigenvalue weighted by Crippen LogP contribution is 2.27. The van der Waals surface area contributed by atoms with Gasteiger partial charge in [0.1, 0.15) is 12.1 Å². The standard InChI is InChI=1S/C31H39N7O5S/c32-23(14-7-15-35-31(33)34)28(40)37-24(22-13-6-11-20-10-4-5-12-21(20)22)17-27(39)36-25(16-19-8-2-1-3-9-19)29(41)38-26(18-44)30(42)43/h1-6,8-13,23-26,44H,7,14-18,32H2,(H,36,39)(H,37,40)(H,38,41)(H,42,43)(H4,33,34,35)/t23-,24-,25-,26-/m0/s1. The molecule has 13 heteroatoms. The number of fused-ring (bicyclic) bond motifs is 1. The van der Waals surface area contributed by atoms with Gasteiger partial charge in [0.15, 0.2) is 5.96 Å². The number of nitrogens with two attached hydrogens (primary N) is 3. The monoisotopic (exact) mass is 621 g/mol. The van der Waals surface area contributed by atoms with Crippen LogP contribution in [0.3, 0.4) is 0 Å². The molecule has 0 bridgehead atoms. The van der Waals surface area contributed by atoms with E-state index in [1.807, 2.05) is 48.5 Å². The van der Waals surface area contributed by atoms with Gasteiger partial charge >= 0.3 is 5.97 Å². The number of hydrogen-bond donors (Lipinski definition) is 8. The molecular weight excluding hydrogens is 582 g/mol. The Morgan fingerprint density at radius 2 is 1.52 bits per heavy atom. The van der Waals surface area contributed by atoms with Crippen LogP contribution in [0.15, 0.2) is 77.8 Å². The lowest BCUT2D eigenvalue weighted by atomic mass is 9.95. The molecule has 234 valence electrons. The zero-order valence-corrected chi connectivity index (χ0v) is 25.1. The maximum atomic E-state index is 13.5. The molecule has 0 spiro atoms. The Morgan fingerprint density at radius 3 is 2.20 bits per heavy atom. The summed E-state index contributed by atoms with van der Waals surface area (Å²) in [5.41, 5.74) is 18.3. The molecule has 12 nitrogen and oxygen atoms in total. The zero-order chi connectivity index (χ0) is 32.1. The molecule has 0 radical (unpaired) electrons. The minimum Gasteiger partial charge on any atom is -0.480 e. The normalized spacial score (nSPS) is 13.6. The van der Waals surface area contributed by atoms with Crippen LogP contribution in [0.25, 0.3) is 10.8 Å². The van der Waals surface area contributed by atoms with Gasteiger partial charge in [0.05, 0.1) is 18.5 Å². The second-order valence-corrected chi connectivity index (χ2v) is 10.6. The Hall–Kier alpha value is -4.62. The lowest BCUT2D eigenvalue weighted by molar-refractivity contribution is -0.141. The van der Waals surface area contributed by atoms with E-state index in [-0.39, 0.29) is 24.6 Å². The summed E-state index contributed by atoms with van der Waals surface area (Å²) in [5.74, 6) is -3.08. The maximum Gasteiger partial charge on any atom is 0.327 e. The molecule has 44 heavy (non-hydrogen) atoms. The zero-order valence-electron chi connectivity index (χ0n) is 24.2. The van der Waals surface area contributed by atoms with Gasteiger partial charge in [-0.1, -0.05) is 72.8 Å². The number of rotatable bonds is 16. The number of carbonyl (C=O) groups excluding carboxylic acids is 3. The van der Waals surface area contributed by atoms with Gasteiger partial charge in [-0.2, -0.15) is 12.6 Å². The van der Waals surface area contributed by atoms with E-state index in [1.54, 1.807) is 24.3 Å². The van der Waals surface area contributed by atoms with E-state index in [1.165, 1.54) is 0 Å². The fourth-order valence-corrected chi connectivity index (χ4v) is 4.93. The van der Waals surface area contributed by atoms with Crippen molar-refractivity contribution in [3.05, 3.63) is 83.9 Å². The second kappa shape index (κ2) is 16.9. The first-order chi connectivity index (χ1) is 21.1. The van der Waals surface area contributed by atoms with Gasteiger partial charge in [0.25, 0.3) is 0 Å². The van der Waals surface area contributed by atoms with Crippen LogP contribution in [-0.2, 0) is 25.6 Å². The first-order valence-electron chi connectivity index (χ1n) is 14.1. The molecule has 0 fully saturated rings. The third-order valence-corrected chi connectivity index (χ3v) is 7.31. The molecule has 3 aromatic carbocycles. The van der Waals surface area contributed by atoms with Crippen LogP contribution in [-0.4, -0.2) is 65.2 Å². The highest BCUT2D eigenvalue weighted by molar-refractivity contribution is 7.80. The topological polar surface area (TPSA) is 215 Å². The molecule has 3 rings (SSSR count). The number of aliphatic imine (C=N–C) groups is 1. The van der Waals surface area contributed by atoms with E-state index in [2.05, 4.69) is 33.6 Å². The maximum absolute atomic E-state index is 13.5. The molecular formula is C31H39N7O5S. The molecule has 0 heterocycles. The summed E-state index contributed by atoms with van der Waals surface area (Å²) in [5, 5.41) is 19.3. The number of nitrogens with zero attached hydrogens (tertiary/aromatic N) is 1. The van der Waals surface area contributed by atoms with Crippen LogP contribution in [0.1, 0.15) is 36.4 Å². The lowest BCUT2D eigenvalue weighted by Crippen LogP contribution is -2.53. The van der Waals surface area contributed by atoms with Gasteiger partial charge in [-0.25, -0.2) is 4.79 Å². The van der Waals surface area contributed by atoms with Gasteiger partial charge in [0, 0.05) is 18.7 Å². The van der Waals surface area contributed by atoms with E-state index in [0.717, 1.165) is 16.3 Å². The summed E-state index contributed by atoms with van der Waals surface area (Å²) in [6.07, 6.45) is 0.690. The van der Waals surface area contributed by atoms with Crippen LogP contribution in [0.2, 0.25) is 0 Å². The van der Waals surface area contributed by atoms with Crippen molar-refractivity contribution >= 4 is 53.1 Å². The highest BCUT2D eigenvalue weighted by atomic mass is 32.1. The number of benzene rings is 3. The highest BCUT2D eigenvalue weighted by Gasteiger charge is 2.28. The Bertz CT molecular complexity index is 1460. The Balaban J connectivity index is 1.84. The largest absolute Gasteiger partial charge is 0.480 e. The van der Waals surface area contributed by atoms with Crippen molar-refractivity contribution in [2.45, 2.75) is 49.9 Å². The third-order valence-electron chi connectivity index (χ3n) is 6.94. The van der Waals surface area contributed by atoms with Gasteiger partial charge in [0.2, 0.25) is 17.7 Å². The van der Waals surface area contributed by atoms with E-state index in [0.29, 0.717) is 24.9 Å². The van der Waals surface area contributed by atoms with Gasteiger partial charge < -0.3 is 38.3 Å². The number of carboxylic acid groups (broad SMARTS) is 1. The summed E-state index contributed by atoms with van der Waals surface area (Å²) in [4.78, 5) is 55.3. The van der Waals surface area contributed by atoms with Gasteiger partial charge in [-0.3, -0.25) is 19.4 Å². The molecule has 0 aromatic heterocycles. The number of guanidine groups is 1. The molecule has 0 aliphatic heterocycles. The number of thiol groups is 1. The van der Waals surface area contributed by atoms with Crippen molar-refractivity contribution in [2.75, 3.05) is 12.3 Å². The Kier molecular flexibility index (Phi) is 13.0. The molecule has 0 saturated heterocycles. The van der Waals surface area contributed by atoms with E-state index >= 15 is 0 Å². The second-order valence-electron chi connectivity index (χ2n) is 10.3. The number of aliphatic carboxylic acids is 1. The summed E-state index contributed by atoms with van der Waals surface area (Å²) in [7, 11) is 0. The average Bonchev–Trinajstić information content (AvgIpc) is 3.01. The van der Waals surface area contributed by atoms with Crippen molar-refractivity contribution in [2.24, 2.45) is 22.2 Å². The van der Waals surface area contributed by atoms with Crippen LogP contribution in [0.5, 0.6) is 0 Å². The number of amides is 3. The van der Waals surface area contributed by atoms with Crippen molar-refractivity contribution < 1.29 is 24.3 Å². The summed E-state index contributed by atoms with van der Waals surface area (Å²) >= 11 is 4.02. The minimum atomic E-state index is -1.24. The van der Waals surface area contributed by atoms with Crippen LogP contribution in [0.4, 0.5) is 0 Å². The molecule has 0 saturated carbocycles. The van der Waals surface area contributed by atoms with Crippen molar-refractivity contribution in [1.29, 1.82) is 0 Å². The predicted octanol–water partition coefficient (Wildman–Crippen LogP) is 0.995. The number of hydrogen-bond acceptors (Lipinski definition) is 7. The SMILES string of the molecule is NC(N)=NCCC[C@H](N)C(=O)N[C@@H](CC(=O)N[C@@H](Cc1ccccc1)C(=O)N[C@@H](CS)C(=O)O)c1cccc2ccccc12. The molecule has 0 aliphatic carbocycles. The van der Waals surface area contributed by atoms with Crippen molar-refractivity contribution in [3.8, 4) is 0 Å². The van der Waals surface area contributed by atoms with Crippen molar-refractivity contribution in [3.63, 3.8) is 0 Å². The van der Waals surface area contributed by atoms with E-state index < -0.39 is 47.9 Å². The Morgan fingerprint density at radius 1 is 0.841 bits per heavy atom. The van der Waals surface area contributed by atoms with Crippen molar-refractivity contribution in [1.82, 2.24) is 16.0 Å². The first-order valence-corrected chi connectivity index (χ1v) is 14.8. The lowest BCUT2D eigenvalue weighted by Gasteiger charge is -2.25. The fraction of sp³-hybridized carbons (Fsp3) is 0.323. The van der Waals surface area contributed by atoms with Crippen LogP contribution >= 0.6 is 12.6 Å². The third kappa shape index (κ3) is 10.3. The quantitative estimate of drug-likeness (QED) is 0.0498. The smallest absolute Gasteiger partial charge is 0.327 e. The van der Waals surface area contributed by atoms with Crippen LogP contribution < -0.4 is 33.2 Å². The Labute approximate surface area is 261 Å². The number of nitrogens with one attached hydrogen (secondary N) is 3. The van der Waals surface area contributed by atoms with Crippen LogP contribution in [0, 0.1) is 0 Å². The average molecular weight is 622 g/mol. The molecule has 3 amide bonds. The number of carboxylic acids is 1. The van der Waals surface area contributed by atoms with E-state index in [4.69, 9.17) is 17.2 Å². The summed E-state index contributed by atoms with van der Waals surface area (Å²) in [6, 6.07) is 18.2. The molecule has 0 unspecified atom stereocenters. The summed E-state index contributed by atoms with van der Waals surface area (Å²) in [6.45, 7) is 0.319.